The molecule has 3 nitrogen and oxygen atoms in total. The summed E-state index contributed by atoms with van der Waals surface area (Å²) >= 11 is 3.53. The molecule has 4 heteroatoms. The summed E-state index contributed by atoms with van der Waals surface area (Å²) in [5.74, 6) is 0. The molecule has 0 spiro atoms. The van der Waals surface area contributed by atoms with Crippen molar-refractivity contribution >= 4 is 15.9 Å². The monoisotopic (exact) mass is 322 g/mol. The molecule has 1 atom stereocenters. The molecule has 1 aromatic rings. The van der Waals surface area contributed by atoms with E-state index in [0.717, 1.165) is 36.9 Å². The van der Waals surface area contributed by atoms with Crippen LogP contribution in [0.5, 0.6) is 0 Å². The molecular weight excluding hydrogens is 304 g/mol. The van der Waals surface area contributed by atoms with Gasteiger partial charge in [-0.15, -0.1) is 0 Å². The Bertz CT molecular complexity index is 497. The minimum absolute atomic E-state index is 0.0251. The minimum Gasteiger partial charge on any atom is -0.396 e. The SMILES string of the molecule is CC1(CO)CCCN(Cc2ccc(C#N)cc2Br)C1. The van der Waals surface area contributed by atoms with Crippen molar-refractivity contribution < 1.29 is 5.11 Å². The molecule has 1 heterocycles. The normalized spacial score (nSPS) is 24.1. The van der Waals surface area contributed by atoms with Crippen molar-refractivity contribution in [2.75, 3.05) is 19.7 Å². The third-order valence-electron chi connectivity index (χ3n) is 3.82. The third-order valence-corrected chi connectivity index (χ3v) is 4.56. The van der Waals surface area contributed by atoms with Crippen molar-refractivity contribution in [2.24, 2.45) is 5.41 Å². The predicted octanol–water partition coefficient (Wildman–Crippen LogP) is 2.92. The smallest absolute Gasteiger partial charge is 0.0992 e. The fourth-order valence-corrected chi connectivity index (χ4v) is 3.18. The maximum Gasteiger partial charge on any atom is 0.0992 e. The van der Waals surface area contributed by atoms with Crippen molar-refractivity contribution in [3.05, 3.63) is 33.8 Å². The Morgan fingerprint density at radius 1 is 1.53 bits per heavy atom. The average Bonchev–Trinajstić information content (AvgIpc) is 2.41. The van der Waals surface area contributed by atoms with E-state index in [-0.39, 0.29) is 12.0 Å². The van der Waals surface area contributed by atoms with Crippen LogP contribution in [0.4, 0.5) is 0 Å². The average molecular weight is 323 g/mol. The van der Waals surface area contributed by atoms with Crippen LogP contribution in [0.2, 0.25) is 0 Å². The summed E-state index contributed by atoms with van der Waals surface area (Å²) in [5, 5.41) is 18.4. The number of rotatable bonds is 3. The van der Waals surface area contributed by atoms with Gasteiger partial charge in [0.05, 0.1) is 11.6 Å². The van der Waals surface area contributed by atoms with Gasteiger partial charge in [0.25, 0.3) is 0 Å². The molecule has 0 aromatic heterocycles. The predicted molar refractivity (Wildman–Crippen MR) is 78.6 cm³/mol. The molecule has 0 saturated carbocycles. The van der Waals surface area contributed by atoms with Gasteiger partial charge in [0.15, 0.2) is 0 Å². The lowest BCUT2D eigenvalue weighted by Crippen LogP contribution is -2.43. The molecule has 1 aliphatic rings. The fourth-order valence-electron chi connectivity index (χ4n) is 2.68. The van der Waals surface area contributed by atoms with Crippen molar-refractivity contribution in [2.45, 2.75) is 26.3 Å². The molecule has 102 valence electrons. The first-order valence-electron chi connectivity index (χ1n) is 6.58. The van der Waals surface area contributed by atoms with Crippen molar-refractivity contribution in [1.82, 2.24) is 4.90 Å². The quantitative estimate of drug-likeness (QED) is 0.930. The Morgan fingerprint density at radius 3 is 2.95 bits per heavy atom. The van der Waals surface area contributed by atoms with E-state index in [1.54, 1.807) is 0 Å². The van der Waals surface area contributed by atoms with E-state index in [0.29, 0.717) is 5.56 Å². The lowest BCUT2D eigenvalue weighted by Gasteiger charge is -2.39. The van der Waals surface area contributed by atoms with E-state index in [4.69, 9.17) is 5.26 Å². The first-order chi connectivity index (χ1) is 9.06. The standard InChI is InChI=1S/C15H19BrN2O/c1-15(11-19)5-2-6-18(10-15)9-13-4-3-12(8-17)7-14(13)16/h3-4,7,19H,2,5-6,9-11H2,1H3. The molecule has 0 amide bonds. The molecule has 1 aliphatic heterocycles. The number of hydrogen-bond acceptors (Lipinski definition) is 3. The van der Waals surface area contributed by atoms with Crippen molar-refractivity contribution in [3.63, 3.8) is 0 Å². The zero-order valence-electron chi connectivity index (χ0n) is 11.2. The van der Waals surface area contributed by atoms with Gasteiger partial charge in [0.2, 0.25) is 0 Å². The number of aliphatic hydroxyl groups is 1. The summed E-state index contributed by atoms with van der Waals surface area (Å²) in [5.41, 5.74) is 1.90. The van der Waals surface area contributed by atoms with Crippen LogP contribution in [0.3, 0.4) is 0 Å². The second-order valence-electron chi connectivity index (χ2n) is 5.70. The van der Waals surface area contributed by atoms with Crippen LogP contribution in [-0.4, -0.2) is 29.7 Å². The van der Waals surface area contributed by atoms with Gasteiger partial charge in [-0.05, 0) is 37.1 Å². The van der Waals surface area contributed by atoms with Crippen LogP contribution in [0.15, 0.2) is 22.7 Å². The third kappa shape index (κ3) is 3.56. The van der Waals surface area contributed by atoms with Gasteiger partial charge in [0, 0.05) is 29.6 Å². The number of hydrogen-bond donors (Lipinski definition) is 1. The Balaban J connectivity index is 2.07. The van der Waals surface area contributed by atoms with E-state index in [2.05, 4.69) is 33.8 Å². The zero-order chi connectivity index (χ0) is 13.9. The van der Waals surface area contributed by atoms with Gasteiger partial charge in [0.1, 0.15) is 0 Å². The number of nitrogens with zero attached hydrogens (tertiary/aromatic N) is 2. The summed E-state index contributed by atoms with van der Waals surface area (Å²) in [4.78, 5) is 2.38. The summed E-state index contributed by atoms with van der Waals surface area (Å²) in [6.45, 7) is 5.25. The highest BCUT2D eigenvalue weighted by Gasteiger charge is 2.30. The number of piperidine rings is 1. The van der Waals surface area contributed by atoms with Crippen LogP contribution in [0.1, 0.15) is 30.9 Å². The van der Waals surface area contributed by atoms with Gasteiger partial charge in [-0.25, -0.2) is 0 Å². The highest BCUT2D eigenvalue weighted by molar-refractivity contribution is 9.10. The van der Waals surface area contributed by atoms with E-state index < -0.39 is 0 Å². The van der Waals surface area contributed by atoms with Crippen LogP contribution in [0, 0.1) is 16.7 Å². The lowest BCUT2D eigenvalue weighted by molar-refractivity contribution is 0.0428. The Hall–Kier alpha value is -0.890. The number of nitriles is 1. The molecule has 1 unspecified atom stereocenters. The number of halogens is 1. The summed E-state index contributed by atoms with van der Waals surface area (Å²) < 4.78 is 0.989. The molecule has 1 aromatic carbocycles. The highest BCUT2D eigenvalue weighted by Crippen LogP contribution is 2.30. The zero-order valence-corrected chi connectivity index (χ0v) is 12.8. The number of aliphatic hydroxyl groups excluding tert-OH is 1. The van der Waals surface area contributed by atoms with Crippen LogP contribution in [0.25, 0.3) is 0 Å². The van der Waals surface area contributed by atoms with Gasteiger partial charge < -0.3 is 5.11 Å². The van der Waals surface area contributed by atoms with E-state index in [1.165, 1.54) is 5.56 Å². The lowest BCUT2D eigenvalue weighted by atomic mass is 9.82. The van der Waals surface area contributed by atoms with Crippen LogP contribution < -0.4 is 0 Å². The molecule has 1 saturated heterocycles. The Kier molecular flexibility index (Phi) is 4.62. The van der Waals surface area contributed by atoms with Gasteiger partial charge >= 0.3 is 0 Å². The van der Waals surface area contributed by atoms with Gasteiger partial charge in [-0.1, -0.05) is 28.9 Å². The molecule has 0 radical (unpaired) electrons. The molecule has 1 fully saturated rings. The van der Waals surface area contributed by atoms with Crippen molar-refractivity contribution in [3.8, 4) is 6.07 Å². The van der Waals surface area contributed by atoms with Crippen LogP contribution >= 0.6 is 15.9 Å². The Labute approximate surface area is 123 Å². The second-order valence-corrected chi connectivity index (χ2v) is 6.56. The highest BCUT2D eigenvalue weighted by atomic mass is 79.9. The van der Waals surface area contributed by atoms with Gasteiger partial charge in [-0.2, -0.15) is 5.26 Å². The maximum atomic E-state index is 9.49. The molecule has 19 heavy (non-hydrogen) atoms. The molecular formula is C15H19BrN2O. The maximum absolute atomic E-state index is 9.49. The largest absolute Gasteiger partial charge is 0.396 e. The first kappa shape index (κ1) is 14.5. The summed E-state index contributed by atoms with van der Waals surface area (Å²) in [6, 6.07) is 7.87. The van der Waals surface area contributed by atoms with E-state index >= 15 is 0 Å². The number of benzene rings is 1. The molecule has 0 bridgehead atoms. The van der Waals surface area contributed by atoms with Crippen molar-refractivity contribution in [1.29, 1.82) is 5.26 Å². The molecule has 0 aliphatic carbocycles. The minimum atomic E-state index is 0.0251. The summed E-state index contributed by atoms with van der Waals surface area (Å²) in [7, 11) is 0. The van der Waals surface area contributed by atoms with E-state index in [1.807, 2.05) is 18.2 Å². The van der Waals surface area contributed by atoms with Gasteiger partial charge in [-0.3, -0.25) is 4.90 Å². The number of likely N-dealkylation sites (tertiary alicyclic amines) is 1. The first-order valence-corrected chi connectivity index (χ1v) is 7.37. The van der Waals surface area contributed by atoms with E-state index in [9.17, 15) is 5.11 Å². The van der Waals surface area contributed by atoms with Crippen LogP contribution in [-0.2, 0) is 6.54 Å². The second kappa shape index (κ2) is 6.04. The fraction of sp³-hybridized carbons (Fsp3) is 0.533. The summed E-state index contributed by atoms with van der Waals surface area (Å²) in [6.07, 6.45) is 2.22. The molecule has 2 rings (SSSR count). The topological polar surface area (TPSA) is 47.3 Å². The molecule has 1 N–H and O–H groups in total. The Morgan fingerprint density at radius 2 is 2.32 bits per heavy atom.